The van der Waals surface area contributed by atoms with Gasteiger partial charge >= 0.3 is 5.97 Å². The molecule has 1 heterocycles. The van der Waals surface area contributed by atoms with E-state index < -0.39 is 12.1 Å². The standard InChI is InChI=1S/C15H19NO4/c1-5-12-14(17)16(9(2)3)11-7-6-10(15(18)19-4)8-13(11)20-12/h6-9,12H,5H2,1-4H3/t12-/m1/s1. The number of ether oxygens (including phenoxy) is 2. The van der Waals surface area contributed by atoms with E-state index >= 15 is 0 Å². The van der Waals surface area contributed by atoms with Crippen LogP contribution in [0.2, 0.25) is 0 Å². The van der Waals surface area contributed by atoms with Crippen LogP contribution in [0, 0.1) is 0 Å². The molecule has 1 aliphatic heterocycles. The number of hydrogen-bond donors (Lipinski definition) is 0. The van der Waals surface area contributed by atoms with Crippen LogP contribution in [-0.2, 0) is 9.53 Å². The Morgan fingerprint density at radius 1 is 1.45 bits per heavy atom. The molecule has 2 rings (SSSR count). The van der Waals surface area contributed by atoms with Crippen LogP contribution < -0.4 is 9.64 Å². The first kappa shape index (κ1) is 14.4. The largest absolute Gasteiger partial charge is 0.478 e. The quantitative estimate of drug-likeness (QED) is 0.796. The van der Waals surface area contributed by atoms with Crippen molar-refractivity contribution in [3.05, 3.63) is 23.8 Å². The molecule has 5 nitrogen and oxygen atoms in total. The number of carbonyl (C=O) groups is 2. The highest BCUT2D eigenvalue weighted by Crippen LogP contribution is 2.36. The van der Waals surface area contributed by atoms with Crippen molar-refractivity contribution in [2.45, 2.75) is 39.3 Å². The highest BCUT2D eigenvalue weighted by molar-refractivity contribution is 6.01. The average molecular weight is 277 g/mol. The molecule has 0 spiro atoms. The predicted molar refractivity (Wildman–Crippen MR) is 75.1 cm³/mol. The maximum absolute atomic E-state index is 12.3. The number of rotatable bonds is 3. The van der Waals surface area contributed by atoms with Crippen molar-refractivity contribution >= 4 is 17.6 Å². The SMILES string of the molecule is CC[C@H]1Oc2cc(C(=O)OC)ccc2N(C(C)C)C1=O. The lowest BCUT2D eigenvalue weighted by Gasteiger charge is -2.36. The molecule has 0 N–H and O–H groups in total. The van der Waals surface area contributed by atoms with Crippen LogP contribution in [0.5, 0.6) is 5.75 Å². The number of esters is 1. The molecular weight excluding hydrogens is 258 g/mol. The molecule has 0 bridgehead atoms. The average Bonchev–Trinajstić information content (AvgIpc) is 2.44. The molecule has 0 radical (unpaired) electrons. The fraction of sp³-hybridized carbons (Fsp3) is 0.467. The zero-order valence-electron chi connectivity index (χ0n) is 12.2. The Bertz CT molecular complexity index is 539. The molecule has 0 aromatic heterocycles. The molecule has 1 aliphatic rings. The Labute approximate surface area is 118 Å². The summed E-state index contributed by atoms with van der Waals surface area (Å²) in [6.45, 7) is 5.80. The van der Waals surface area contributed by atoms with E-state index in [0.717, 1.165) is 0 Å². The number of carbonyl (C=O) groups excluding carboxylic acids is 2. The van der Waals surface area contributed by atoms with Gasteiger partial charge in [0.15, 0.2) is 6.10 Å². The maximum Gasteiger partial charge on any atom is 0.337 e. The van der Waals surface area contributed by atoms with E-state index in [0.29, 0.717) is 23.4 Å². The van der Waals surface area contributed by atoms with Crippen LogP contribution in [0.1, 0.15) is 37.6 Å². The van der Waals surface area contributed by atoms with Crippen LogP contribution in [0.4, 0.5) is 5.69 Å². The molecule has 108 valence electrons. The second-order valence-corrected chi connectivity index (χ2v) is 4.99. The number of anilines is 1. The van der Waals surface area contributed by atoms with Gasteiger partial charge in [0.1, 0.15) is 5.75 Å². The van der Waals surface area contributed by atoms with Crippen LogP contribution in [0.25, 0.3) is 0 Å². The number of hydrogen-bond acceptors (Lipinski definition) is 4. The fourth-order valence-electron chi connectivity index (χ4n) is 2.32. The van der Waals surface area contributed by atoms with Crippen LogP contribution in [-0.4, -0.2) is 31.1 Å². The van der Waals surface area contributed by atoms with Gasteiger partial charge in [-0.2, -0.15) is 0 Å². The summed E-state index contributed by atoms with van der Waals surface area (Å²) in [6, 6.07) is 5.03. The normalized spacial score (nSPS) is 17.8. The molecule has 1 aromatic carbocycles. The minimum Gasteiger partial charge on any atom is -0.478 e. The lowest BCUT2D eigenvalue weighted by molar-refractivity contribution is -0.126. The van der Waals surface area contributed by atoms with Crippen LogP contribution in [0.15, 0.2) is 18.2 Å². The molecule has 1 atom stereocenters. The lowest BCUT2D eigenvalue weighted by Crippen LogP contribution is -2.48. The minimum absolute atomic E-state index is 0.0307. The van der Waals surface area contributed by atoms with E-state index in [1.807, 2.05) is 20.8 Å². The first-order valence-electron chi connectivity index (χ1n) is 6.71. The van der Waals surface area contributed by atoms with Crippen molar-refractivity contribution in [3.8, 4) is 5.75 Å². The zero-order valence-corrected chi connectivity index (χ0v) is 12.2. The smallest absolute Gasteiger partial charge is 0.337 e. The van der Waals surface area contributed by atoms with Crippen molar-refractivity contribution in [2.24, 2.45) is 0 Å². The van der Waals surface area contributed by atoms with Crippen molar-refractivity contribution < 1.29 is 19.1 Å². The highest BCUT2D eigenvalue weighted by Gasteiger charge is 2.35. The second kappa shape index (κ2) is 5.53. The Morgan fingerprint density at radius 3 is 2.70 bits per heavy atom. The van der Waals surface area contributed by atoms with Gasteiger partial charge in [0.25, 0.3) is 5.91 Å². The molecule has 0 fully saturated rings. The van der Waals surface area contributed by atoms with E-state index in [1.54, 1.807) is 23.1 Å². The van der Waals surface area contributed by atoms with Crippen molar-refractivity contribution in [2.75, 3.05) is 12.0 Å². The first-order valence-corrected chi connectivity index (χ1v) is 6.71. The highest BCUT2D eigenvalue weighted by atomic mass is 16.5. The van der Waals surface area contributed by atoms with Gasteiger partial charge in [0.05, 0.1) is 18.4 Å². The number of nitrogens with zero attached hydrogens (tertiary/aromatic N) is 1. The summed E-state index contributed by atoms with van der Waals surface area (Å²) < 4.78 is 10.4. The summed E-state index contributed by atoms with van der Waals surface area (Å²) in [5.74, 6) is 0.0892. The summed E-state index contributed by atoms with van der Waals surface area (Å²) in [5.41, 5.74) is 1.11. The third-order valence-electron chi connectivity index (χ3n) is 3.31. The van der Waals surface area contributed by atoms with Gasteiger partial charge in [0, 0.05) is 6.04 Å². The van der Waals surface area contributed by atoms with Gasteiger partial charge in [-0.25, -0.2) is 4.79 Å². The third-order valence-corrected chi connectivity index (χ3v) is 3.31. The molecule has 0 unspecified atom stereocenters. The molecule has 0 saturated carbocycles. The lowest BCUT2D eigenvalue weighted by atomic mass is 10.1. The Morgan fingerprint density at radius 2 is 2.15 bits per heavy atom. The van der Waals surface area contributed by atoms with Gasteiger partial charge in [-0.05, 0) is 38.5 Å². The fourth-order valence-corrected chi connectivity index (χ4v) is 2.32. The zero-order chi connectivity index (χ0) is 14.9. The number of fused-ring (bicyclic) bond motifs is 1. The maximum atomic E-state index is 12.3. The summed E-state index contributed by atoms with van der Waals surface area (Å²) in [7, 11) is 1.33. The molecule has 5 heteroatoms. The summed E-state index contributed by atoms with van der Waals surface area (Å²) in [4.78, 5) is 25.6. The van der Waals surface area contributed by atoms with Crippen molar-refractivity contribution in [1.82, 2.24) is 0 Å². The number of methoxy groups -OCH3 is 1. The van der Waals surface area contributed by atoms with E-state index in [-0.39, 0.29) is 11.9 Å². The Balaban J connectivity index is 2.48. The van der Waals surface area contributed by atoms with Gasteiger partial charge in [-0.15, -0.1) is 0 Å². The summed E-state index contributed by atoms with van der Waals surface area (Å²) >= 11 is 0. The first-order chi connectivity index (χ1) is 9.49. The molecular formula is C15H19NO4. The second-order valence-electron chi connectivity index (χ2n) is 4.99. The molecule has 20 heavy (non-hydrogen) atoms. The molecule has 0 saturated heterocycles. The van der Waals surface area contributed by atoms with Crippen LogP contribution >= 0.6 is 0 Å². The predicted octanol–water partition coefficient (Wildman–Crippen LogP) is 2.39. The van der Waals surface area contributed by atoms with Gasteiger partial charge in [0.2, 0.25) is 0 Å². The third kappa shape index (κ3) is 2.35. The van der Waals surface area contributed by atoms with E-state index in [9.17, 15) is 9.59 Å². The van der Waals surface area contributed by atoms with E-state index in [2.05, 4.69) is 0 Å². The van der Waals surface area contributed by atoms with Gasteiger partial charge < -0.3 is 14.4 Å². The topological polar surface area (TPSA) is 55.8 Å². The molecule has 1 amide bonds. The number of amides is 1. The van der Waals surface area contributed by atoms with Crippen molar-refractivity contribution in [3.63, 3.8) is 0 Å². The minimum atomic E-state index is -0.502. The van der Waals surface area contributed by atoms with Crippen LogP contribution in [0.3, 0.4) is 0 Å². The Kier molecular flexibility index (Phi) is 3.97. The van der Waals surface area contributed by atoms with E-state index in [1.165, 1.54) is 7.11 Å². The van der Waals surface area contributed by atoms with E-state index in [4.69, 9.17) is 9.47 Å². The van der Waals surface area contributed by atoms with Gasteiger partial charge in [-0.3, -0.25) is 4.79 Å². The summed E-state index contributed by atoms with van der Waals surface area (Å²) in [5, 5.41) is 0. The number of benzene rings is 1. The summed E-state index contributed by atoms with van der Waals surface area (Å²) in [6.07, 6.45) is 0.0852. The Hall–Kier alpha value is -2.04. The van der Waals surface area contributed by atoms with Crippen molar-refractivity contribution in [1.29, 1.82) is 0 Å². The monoisotopic (exact) mass is 277 g/mol. The molecule has 1 aromatic rings. The van der Waals surface area contributed by atoms with Gasteiger partial charge in [-0.1, -0.05) is 6.92 Å². The molecule has 0 aliphatic carbocycles.